The SMILES string of the molecule is COc1nc(-c2cccc(-c3cccc(-c4cnc(CN5CC6(CC(O)C6)C5)c(OC)n4)c3Cl)c2Cl)cnc1CNC[C@@H]1CCC(=O)N1. The minimum absolute atomic E-state index is 0.0846. The first-order valence-electron chi connectivity index (χ1n) is 16.0. The van der Waals surface area contributed by atoms with Gasteiger partial charge in [-0.05, 0) is 19.3 Å². The summed E-state index contributed by atoms with van der Waals surface area (Å²) in [5.74, 6) is 0.935. The molecule has 2 aliphatic heterocycles. The quantitative estimate of drug-likeness (QED) is 0.199. The second-order valence-corrected chi connectivity index (χ2v) is 13.7. The number of nitrogens with one attached hydrogen (secondary N) is 2. The van der Waals surface area contributed by atoms with E-state index in [1.807, 2.05) is 36.4 Å². The van der Waals surface area contributed by atoms with E-state index in [1.165, 1.54) is 0 Å². The van der Waals surface area contributed by atoms with E-state index in [9.17, 15) is 9.90 Å². The molecule has 11 nitrogen and oxygen atoms in total. The van der Waals surface area contributed by atoms with Crippen LogP contribution in [0, 0.1) is 5.41 Å². The van der Waals surface area contributed by atoms with Gasteiger partial charge in [0.15, 0.2) is 0 Å². The fourth-order valence-electron chi connectivity index (χ4n) is 7.11. The van der Waals surface area contributed by atoms with Gasteiger partial charge in [0, 0.05) is 72.9 Å². The Morgan fingerprint density at radius 1 is 0.917 bits per heavy atom. The number of halogens is 2. The van der Waals surface area contributed by atoms with Gasteiger partial charge in [-0.3, -0.25) is 19.7 Å². The van der Waals surface area contributed by atoms with E-state index in [0.29, 0.717) is 76.1 Å². The molecule has 1 atom stereocenters. The van der Waals surface area contributed by atoms with E-state index in [2.05, 4.69) is 20.5 Å². The summed E-state index contributed by atoms with van der Waals surface area (Å²) in [5.41, 5.74) is 5.69. The number of carbonyl (C=O) groups excluding carboxylic acids is 1. The molecule has 250 valence electrons. The lowest BCUT2D eigenvalue weighted by atomic mass is 9.62. The summed E-state index contributed by atoms with van der Waals surface area (Å²) in [5, 5.41) is 17.0. The fraction of sp³-hybridized carbons (Fsp3) is 0.400. The number of rotatable bonds is 11. The van der Waals surface area contributed by atoms with Gasteiger partial charge in [-0.2, -0.15) is 0 Å². The van der Waals surface area contributed by atoms with Crippen molar-refractivity contribution in [3.05, 3.63) is 70.2 Å². The van der Waals surface area contributed by atoms with Crippen LogP contribution in [0.4, 0.5) is 0 Å². The first-order chi connectivity index (χ1) is 23.3. The average Bonchev–Trinajstić information content (AvgIpc) is 3.48. The number of nitrogens with zero attached hydrogens (tertiary/aromatic N) is 5. The molecule has 0 radical (unpaired) electrons. The lowest BCUT2D eigenvalue weighted by molar-refractivity contribution is -0.131. The first kappa shape index (κ1) is 32.7. The Bertz CT molecular complexity index is 1840. The molecule has 1 spiro atoms. The highest BCUT2D eigenvalue weighted by Crippen LogP contribution is 2.49. The Labute approximate surface area is 289 Å². The van der Waals surface area contributed by atoms with Crippen LogP contribution in [-0.4, -0.2) is 81.8 Å². The minimum Gasteiger partial charge on any atom is -0.480 e. The molecule has 1 amide bonds. The lowest BCUT2D eigenvalue weighted by Crippen LogP contribution is -2.63. The van der Waals surface area contributed by atoms with E-state index in [0.717, 1.165) is 49.2 Å². The van der Waals surface area contributed by atoms with Gasteiger partial charge in [-0.15, -0.1) is 0 Å². The molecule has 1 saturated carbocycles. The highest BCUT2D eigenvalue weighted by Gasteiger charge is 2.51. The second-order valence-electron chi connectivity index (χ2n) is 12.9. The maximum absolute atomic E-state index is 11.5. The Hall–Kier alpha value is -3.87. The predicted octanol–water partition coefficient (Wildman–Crippen LogP) is 4.92. The third kappa shape index (κ3) is 6.45. The maximum atomic E-state index is 11.5. The van der Waals surface area contributed by atoms with Gasteiger partial charge in [-0.1, -0.05) is 59.6 Å². The fourth-order valence-corrected chi connectivity index (χ4v) is 7.75. The number of aromatic nitrogens is 4. The van der Waals surface area contributed by atoms with Gasteiger partial charge in [0.05, 0.1) is 54.2 Å². The van der Waals surface area contributed by atoms with Crippen LogP contribution in [-0.2, 0) is 17.9 Å². The molecule has 4 heterocycles. The van der Waals surface area contributed by atoms with E-state index in [4.69, 9.17) is 47.6 Å². The number of amides is 1. The summed E-state index contributed by atoms with van der Waals surface area (Å²) in [6, 6.07) is 11.5. The number of ether oxygens (including phenoxy) is 2. The smallest absolute Gasteiger partial charge is 0.237 e. The number of likely N-dealkylation sites (tertiary alicyclic amines) is 1. The highest BCUT2D eigenvalue weighted by atomic mass is 35.5. The Kier molecular flexibility index (Phi) is 9.23. The van der Waals surface area contributed by atoms with Crippen molar-refractivity contribution < 1.29 is 19.4 Å². The molecular weight excluding hydrogens is 653 g/mol. The standard InChI is InChI=1S/C35H37Cl2N7O4/c1-47-33-28(14-38-13-20-9-10-30(46)41-20)39-15-26(42-33)24-7-3-5-22(31(24)36)23-6-4-8-25(32(23)37)27-16-40-29(34(43-27)48-2)17-44-18-35(19-44)11-21(45)12-35/h3-8,15-16,20-21,38,45H,9-14,17-19H2,1-2H3,(H,41,46)/t20-/m0/s1. The van der Waals surface area contributed by atoms with Crippen molar-refractivity contribution in [2.24, 2.45) is 5.41 Å². The topological polar surface area (TPSA) is 135 Å². The van der Waals surface area contributed by atoms with Gasteiger partial charge in [0.25, 0.3) is 0 Å². The molecule has 2 aromatic carbocycles. The Balaban J connectivity index is 1.10. The van der Waals surface area contributed by atoms with Crippen molar-refractivity contribution in [1.82, 2.24) is 35.5 Å². The molecule has 3 aliphatic rings. The molecule has 2 aromatic heterocycles. The predicted molar refractivity (Wildman–Crippen MR) is 183 cm³/mol. The third-order valence-electron chi connectivity index (χ3n) is 9.45. The molecule has 4 aromatic rings. The Morgan fingerprint density at radius 3 is 2.02 bits per heavy atom. The zero-order valence-corrected chi connectivity index (χ0v) is 28.3. The number of benzene rings is 2. The number of aliphatic hydroxyl groups excluding tert-OH is 1. The molecular formula is C35H37Cl2N7O4. The molecule has 0 bridgehead atoms. The largest absolute Gasteiger partial charge is 0.480 e. The third-order valence-corrected chi connectivity index (χ3v) is 10.3. The summed E-state index contributed by atoms with van der Waals surface area (Å²) in [7, 11) is 3.15. The maximum Gasteiger partial charge on any atom is 0.237 e. The van der Waals surface area contributed by atoms with Crippen molar-refractivity contribution in [2.45, 2.75) is 50.9 Å². The molecule has 48 heavy (non-hydrogen) atoms. The van der Waals surface area contributed by atoms with Gasteiger partial charge < -0.3 is 25.2 Å². The minimum atomic E-state index is -0.157. The van der Waals surface area contributed by atoms with Crippen LogP contribution in [0.5, 0.6) is 11.8 Å². The van der Waals surface area contributed by atoms with Crippen LogP contribution in [0.1, 0.15) is 37.1 Å². The summed E-state index contributed by atoms with van der Waals surface area (Å²) >= 11 is 14.1. The molecule has 3 N–H and O–H groups in total. The number of hydrogen-bond donors (Lipinski definition) is 3. The highest BCUT2D eigenvalue weighted by molar-refractivity contribution is 6.39. The summed E-state index contributed by atoms with van der Waals surface area (Å²) in [4.78, 5) is 32.7. The van der Waals surface area contributed by atoms with Crippen molar-refractivity contribution in [3.8, 4) is 45.4 Å². The summed E-state index contributed by atoms with van der Waals surface area (Å²) < 4.78 is 11.2. The van der Waals surface area contributed by atoms with E-state index >= 15 is 0 Å². The van der Waals surface area contributed by atoms with Crippen molar-refractivity contribution in [3.63, 3.8) is 0 Å². The number of methoxy groups -OCH3 is 2. The number of carbonyl (C=O) groups is 1. The van der Waals surface area contributed by atoms with Crippen LogP contribution in [0.25, 0.3) is 33.6 Å². The van der Waals surface area contributed by atoms with E-state index in [1.54, 1.807) is 26.6 Å². The molecule has 2 saturated heterocycles. The molecule has 3 fully saturated rings. The van der Waals surface area contributed by atoms with Crippen molar-refractivity contribution >= 4 is 29.1 Å². The Morgan fingerprint density at radius 2 is 1.48 bits per heavy atom. The van der Waals surface area contributed by atoms with Gasteiger partial charge >= 0.3 is 0 Å². The van der Waals surface area contributed by atoms with Crippen LogP contribution in [0.3, 0.4) is 0 Å². The number of hydrogen-bond acceptors (Lipinski definition) is 10. The average molecular weight is 691 g/mol. The van der Waals surface area contributed by atoms with Crippen LogP contribution in [0.15, 0.2) is 48.8 Å². The number of aliphatic hydroxyl groups is 1. The molecule has 13 heteroatoms. The van der Waals surface area contributed by atoms with Crippen LogP contribution < -0.4 is 20.1 Å². The van der Waals surface area contributed by atoms with Gasteiger partial charge in [-0.25, -0.2) is 9.97 Å². The summed E-state index contributed by atoms with van der Waals surface area (Å²) in [6.45, 7) is 3.62. The molecule has 1 aliphatic carbocycles. The normalized spacial score (nSPS) is 18.8. The van der Waals surface area contributed by atoms with Gasteiger partial charge in [0.2, 0.25) is 17.7 Å². The zero-order chi connectivity index (χ0) is 33.4. The van der Waals surface area contributed by atoms with Crippen LogP contribution in [0.2, 0.25) is 10.0 Å². The van der Waals surface area contributed by atoms with Gasteiger partial charge in [0.1, 0.15) is 11.4 Å². The molecule has 7 rings (SSSR count). The lowest BCUT2D eigenvalue weighted by Gasteiger charge is -2.57. The van der Waals surface area contributed by atoms with Crippen molar-refractivity contribution in [1.29, 1.82) is 0 Å². The zero-order valence-electron chi connectivity index (χ0n) is 26.8. The first-order valence-corrected chi connectivity index (χ1v) is 16.8. The monoisotopic (exact) mass is 689 g/mol. The van der Waals surface area contributed by atoms with E-state index < -0.39 is 0 Å². The van der Waals surface area contributed by atoms with Crippen molar-refractivity contribution in [2.75, 3.05) is 33.9 Å². The van der Waals surface area contributed by atoms with E-state index in [-0.39, 0.29) is 23.5 Å². The van der Waals surface area contributed by atoms with Crippen LogP contribution >= 0.6 is 23.2 Å². The second kappa shape index (κ2) is 13.6. The molecule has 0 unspecified atom stereocenters. The summed E-state index contributed by atoms with van der Waals surface area (Å²) in [6.07, 6.45) is 6.38.